The van der Waals surface area contributed by atoms with Crippen LogP contribution in [0, 0.1) is 0 Å². The lowest BCUT2D eigenvalue weighted by molar-refractivity contribution is -0.119. The average molecular weight is 266 g/mol. The Labute approximate surface area is 112 Å². The Morgan fingerprint density at radius 2 is 1.89 bits per heavy atom. The van der Waals surface area contributed by atoms with Gasteiger partial charge in [-0.1, -0.05) is 18.2 Å². The summed E-state index contributed by atoms with van der Waals surface area (Å²) in [4.78, 5) is 11.5. The van der Waals surface area contributed by atoms with E-state index in [1.165, 1.54) is 0 Å². The van der Waals surface area contributed by atoms with E-state index in [0.717, 1.165) is 5.69 Å². The second-order valence-corrected chi connectivity index (χ2v) is 4.43. The highest BCUT2D eigenvalue weighted by atomic mass is 32.1. The Bertz CT molecular complexity index is 394. The third kappa shape index (κ3) is 6.05. The van der Waals surface area contributed by atoms with Crippen molar-refractivity contribution < 1.29 is 4.79 Å². The molecular weight excluding hydrogens is 248 g/mol. The van der Waals surface area contributed by atoms with Gasteiger partial charge in [0.25, 0.3) is 5.91 Å². The Hall–Kier alpha value is -1.82. The Kier molecular flexibility index (Phi) is 5.93. The number of nitrogens with one attached hydrogen (secondary N) is 4. The third-order valence-corrected chi connectivity index (χ3v) is 2.18. The van der Waals surface area contributed by atoms with Gasteiger partial charge in [-0.15, -0.1) is 0 Å². The molecule has 0 aliphatic heterocycles. The van der Waals surface area contributed by atoms with Crippen molar-refractivity contribution in [2.75, 3.05) is 11.9 Å². The van der Waals surface area contributed by atoms with Crippen LogP contribution in [0.1, 0.15) is 13.8 Å². The summed E-state index contributed by atoms with van der Waals surface area (Å²) >= 11 is 4.97. The van der Waals surface area contributed by atoms with Crippen LogP contribution in [0.25, 0.3) is 0 Å². The van der Waals surface area contributed by atoms with Crippen LogP contribution in [0.5, 0.6) is 0 Å². The minimum Gasteiger partial charge on any atom is -0.376 e. The standard InChI is InChI=1S/C12H18N4OS/c1-9(2)14-12(18)16-15-11(17)8-13-10-6-4-3-5-7-10/h3-7,9,13H,8H2,1-2H3,(H,15,17)(H2,14,16,18). The molecule has 0 aromatic heterocycles. The van der Waals surface area contributed by atoms with Gasteiger partial charge in [0.2, 0.25) is 0 Å². The molecule has 6 heteroatoms. The number of carbonyl (C=O) groups excluding carboxylic acids is 1. The lowest BCUT2D eigenvalue weighted by Gasteiger charge is -2.14. The van der Waals surface area contributed by atoms with Crippen molar-refractivity contribution in [3.8, 4) is 0 Å². The number of amides is 1. The van der Waals surface area contributed by atoms with Crippen LogP contribution < -0.4 is 21.5 Å². The molecule has 0 saturated carbocycles. The van der Waals surface area contributed by atoms with Crippen LogP contribution in [0.4, 0.5) is 5.69 Å². The maximum Gasteiger partial charge on any atom is 0.257 e. The SMILES string of the molecule is CC(C)NC(=S)NNC(=O)CNc1ccccc1. The molecule has 4 N–H and O–H groups in total. The van der Waals surface area contributed by atoms with Gasteiger partial charge in [-0.05, 0) is 38.2 Å². The third-order valence-electron chi connectivity index (χ3n) is 1.96. The van der Waals surface area contributed by atoms with E-state index in [4.69, 9.17) is 12.2 Å². The number of anilines is 1. The van der Waals surface area contributed by atoms with E-state index in [0.29, 0.717) is 5.11 Å². The highest BCUT2D eigenvalue weighted by molar-refractivity contribution is 7.80. The molecule has 0 radical (unpaired) electrons. The quantitative estimate of drug-likeness (QED) is 0.484. The zero-order chi connectivity index (χ0) is 13.4. The predicted molar refractivity (Wildman–Crippen MR) is 77.1 cm³/mol. The molecule has 0 bridgehead atoms. The van der Waals surface area contributed by atoms with E-state index < -0.39 is 0 Å². The van der Waals surface area contributed by atoms with Crippen LogP contribution in [-0.4, -0.2) is 23.6 Å². The van der Waals surface area contributed by atoms with E-state index in [-0.39, 0.29) is 18.5 Å². The number of hydrogen-bond acceptors (Lipinski definition) is 3. The van der Waals surface area contributed by atoms with Crippen LogP contribution in [0.2, 0.25) is 0 Å². The molecule has 1 amide bonds. The summed E-state index contributed by atoms with van der Waals surface area (Å²) in [6.45, 7) is 4.11. The monoisotopic (exact) mass is 266 g/mol. The Balaban J connectivity index is 2.20. The lowest BCUT2D eigenvalue weighted by Crippen LogP contribution is -2.49. The van der Waals surface area contributed by atoms with Gasteiger partial charge in [0.05, 0.1) is 6.54 Å². The van der Waals surface area contributed by atoms with Crippen LogP contribution in [0.3, 0.4) is 0 Å². The maximum atomic E-state index is 11.5. The van der Waals surface area contributed by atoms with Crippen molar-refractivity contribution >= 4 is 28.9 Å². The fraction of sp³-hybridized carbons (Fsp3) is 0.333. The summed E-state index contributed by atoms with van der Waals surface area (Å²) in [5.41, 5.74) is 6.03. The molecule has 0 heterocycles. The molecule has 0 fully saturated rings. The van der Waals surface area contributed by atoms with Crippen molar-refractivity contribution in [2.24, 2.45) is 0 Å². The Morgan fingerprint density at radius 1 is 1.22 bits per heavy atom. The molecule has 1 aromatic carbocycles. The van der Waals surface area contributed by atoms with E-state index in [2.05, 4.69) is 21.5 Å². The van der Waals surface area contributed by atoms with Crippen molar-refractivity contribution in [2.45, 2.75) is 19.9 Å². The summed E-state index contributed by atoms with van der Waals surface area (Å²) in [7, 11) is 0. The largest absolute Gasteiger partial charge is 0.376 e. The molecule has 0 aliphatic carbocycles. The number of hydrogen-bond donors (Lipinski definition) is 4. The normalized spacial score (nSPS) is 9.72. The first-order valence-electron chi connectivity index (χ1n) is 5.72. The highest BCUT2D eigenvalue weighted by Crippen LogP contribution is 2.03. The second kappa shape index (κ2) is 7.50. The lowest BCUT2D eigenvalue weighted by atomic mass is 10.3. The van der Waals surface area contributed by atoms with E-state index >= 15 is 0 Å². The molecule has 18 heavy (non-hydrogen) atoms. The minimum atomic E-state index is -0.188. The van der Waals surface area contributed by atoms with E-state index in [1.54, 1.807) is 0 Å². The zero-order valence-corrected chi connectivity index (χ0v) is 11.3. The first-order valence-corrected chi connectivity index (χ1v) is 6.13. The number of hydrazine groups is 1. The van der Waals surface area contributed by atoms with Crippen molar-refractivity contribution in [1.82, 2.24) is 16.2 Å². The molecule has 0 spiro atoms. The predicted octanol–water partition coefficient (Wildman–Crippen LogP) is 1.00. The molecular formula is C12H18N4OS. The van der Waals surface area contributed by atoms with Crippen LogP contribution in [-0.2, 0) is 4.79 Å². The van der Waals surface area contributed by atoms with Gasteiger partial charge < -0.3 is 10.6 Å². The van der Waals surface area contributed by atoms with Crippen molar-refractivity contribution in [3.05, 3.63) is 30.3 Å². The number of rotatable bonds is 4. The summed E-state index contributed by atoms with van der Waals surface area (Å²) in [6, 6.07) is 9.74. The molecule has 1 rings (SSSR count). The maximum absolute atomic E-state index is 11.5. The summed E-state index contributed by atoms with van der Waals surface area (Å²) in [5, 5.41) is 6.35. The fourth-order valence-corrected chi connectivity index (χ4v) is 1.49. The van der Waals surface area contributed by atoms with E-state index in [9.17, 15) is 4.79 Å². The molecule has 0 unspecified atom stereocenters. The number of para-hydroxylation sites is 1. The Morgan fingerprint density at radius 3 is 2.50 bits per heavy atom. The fourth-order valence-electron chi connectivity index (χ4n) is 1.21. The number of benzene rings is 1. The summed E-state index contributed by atoms with van der Waals surface area (Å²) < 4.78 is 0. The topological polar surface area (TPSA) is 65.2 Å². The molecule has 1 aromatic rings. The molecule has 0 aliphatic rings. The summed E-state index contributed by atoms with van der Waals surface area (Å²) in [5.74, 6) is -0.188. The number of thiocarbonyl (C=S) groups is 1. The second-order valence-electron chi connectivity index (χ2n) is 4.02. The van der Waals surface area contributed by atoms with Crippen molar-refractivity contribution in [1.29, 1.82) is 0 Å². The molecule has 0 atom stereocenters. The first kappa shape index (κ1) is 14.2. The van der Waals surface area contributed by atoms with Crippen LogP contribution >= 0.6 is 12.2 Å². The first-order chi connectivity index (χ1) is 8.58. The van der Waals surface area contributed by atoms with Crippen LogP contribution in [0.15, 0.2) is 30.3 Å². The van der Waals surface area contributed by atoms with Crippen molar-refractivity contribution in [3.63, 3.8) is 0 Å². The van der Waals surface area contributed by atoms with Gasteiger partial charge >= 0.3 is 0 Å². The van der Waals surface area contributed by atoms with Gasteiger partial charge in [-0.3, -0.25) is 15.6 Å². The molecule has 5 nitrogen and oxygen atoms in total. The summed E-state index contributed by atoms with van der Waals surface area (Å²) in [6.07, 6.45) is 0. The van der Waals surface area contributed by atoms with Gasteiger partial charge in [-0.2, -0.15) is 0 Å². The smallest absolute Gasteiger partial charge is 0.257 e. The molecule has 98 valence electrons. The molecule has 0 saturated heterocycles. The number of carbonyl (C=O) groups is 1. The van der Waals surface area contributed by atoms with Gasteiger partial charge in [0.15, 0.2) is 5.11 Å². The van der Waals surface area contributed by atoms with Gasteiger partial charge in [-0.25, -0.2) is 0 Å². The minimum absolute atomic E-state index is 0.182. The highest BCUT2D eigenvalue weighted by Gasteiger charge is 2.02. The van der Waals surface area contributed by atoms with Gasteiger partial charge in [0.1, 0.15) is 0 Å². The average Bonchev–Trinajstić information content (AvgIpc) is 2.34. The van der Waals surface area contributed by atoms with Gasteiger partial charge in [0, 0.05) is 11.7 Å². The zero-order valence-electron chi connectivity index (χ0n) is 10.5. The van der Waals surface area contributed by atoms with E-state index in [1.807, 2.05) is 44.2 Å².